The molecule has 31 heavy (non-hydrogen) atoms. The van der Waals surface area contributed by atoms with Crippen LogP contribution in [0.4, 0.5) is 0 Å². The first kappa shape index (κ1) is 27.4. The Bertz CT molecular complexity index is 798. The van der Waals surface area contributed by atoms with E-state index in [-0.39, 0.29) is 36.1 Å². The summed E-state index contributed by atoms with van der Waals surface area (Å²) in [5.41, 5.74) is 4.97. The van der Waals surface area contributed by atoms with Gasteiger partial charge in [0, 0.05) is 25.3 Å². The highest BCUT2D eigenvalue weighted by atomic mass is 127. The average molecular weight is 541 g/mol. The predicted octanol–water partition coefficient (Wildman–Crippen LogP) is 4.22. The van der Waals surface area contributed by atoms with E-state index in [2.05, 4.69) is 92.5 Å². The number of aromatic nitrogens is 2. The summed E-state index contributed by atoms with van der Waals surface area (Å²) in [6.07, 6.45) is 0.925. The molecule has 2 atom stereocenters. The van der Waals surface area contributed by atoms with Crippen LogP contribution < -0.4 is 10.6 Å². The number of likely N-dealkylation sites (N-methyl/N-ethyl adjacent to an activating group) is 1. The molecular formula is C24H41IN6. The Hall–Kier alpha value is -1.61. The van der Waals surface area contributed by atoms with Crippen LogP contribution in [0, 0.1) is 13.8 Å². The summed E-state index contributed by atoms with van der Waals surface area (Å²) in [6.45, 7) is 16.5. The van der Waals surface area contributed by atoms with Crippen molar-refractivity contribution in [2.75, 3.05) is 26.2 Å². The highest BCUT2D eigenvalue weighted by molar-refractivity contribution is 14.0. The SMILES string of the molecule is CCNC(=NCC(c1ccccc1)N(CC)CC)NC(C)Cc1c(C)nn(C)c1C.I. The average Bonchev–Trinajstić information content (AvgIpc) is 2.97. The van der Waals surface area contributed by atoms with E-state index in [0.717, 1.165) is 44.3 Å². The van der Waals surface area contributed by atoms with Gasteiger partial charge in [-0.2, -0.15) is 5.10 Å². The third-order valence-corrected chi connectivity index (χ3v) is 5.76. The molecule has 0 radical (unpaired) electrons. The van der Waals surface area contributed by atoms with E-state index >= 15 is 0 Å². The zero-order chi connectivity index (χ0) is 22.1. The van der Waals surface area contributed by atoms with Crippen molar-refractivity contribution in [3.05, 3.63) is 52.8 Å². The summed E-state index contributed by atoms with van der Waals surface area (Å²) in [5.74, 6) is 0.872. The van der Waals surface area contributed by atoms with Crippen LogP contribution in [-0.2, 0) is 13.5 Å². The molecule has 1 heterocycles. The van der Waals surface area contributed by atoms with Crippen LogP contribution in [0.2, 0.25) is 0 Å². The topological polar surface area (TPSA) is 57.5 Å². The maximum absolute atomic E-state index is 4.97. The lowest BCUT2D eigenvalue weighted by molar-refractivity contribution is 0.224. The fourth-order valence-electron chi connectivity index (χ4n) is 3.97. The van der Waals surface area contributed by atoms with E-state index < -0.39 is 0 Å². The molecule has 2 rings (SSSR count). The molecule has 0 aliphatic rings. The molecule has 0 fully saturated rings. The van der Waals surface area contributed by atoms with E-state index in [1.807, 2.05) is 11.7 Å². The summed E-state index contributed by atoms with van der Waals surface area (Å²) >= 11 is 0. The van der Waals surface area contributed by atoms with Gasteiger partial charge in [0.25, 0.3) is 0 Å². The van der Waals surface area contributed by atoms with Crippen molar-refractivity contribution in [3.8, 4) is 0 Å². The van der Waals surface area contributed by atoms with Gasteiger partial charge in [0.2, 0.25) is 0 Å². The minimum atomic E-state index is 0. The number of hydrogen-bond donors (Lipinski definition) is 2. The number of guanidine groups is 1. The Labute approximate surface area is 205 Å². The molecule has 2 aromatic rings. The largest absolute Gasteiger partial charge is 0.357 e. The van der Waals surface area contributed by atoms with Crippen molar-refractivity contribution in [2.24, 2.45) is 12.0 Å². The predicted molar refractivity (Wildman–Crippen MR) is 142 cm³/mol. The molecule has 2 N–H and O–H groups in total. The number of halogens is 1. The van der Waals surface area contributed by atoms with Crippen molar-refractivity contribution in [3.63, 3.8) is 0 Å². The molecule has 1 aromatic heterocycles. The van der Waals surface area contributed by atoms with Gasteiger partial charge in [-0.15, -0.1) is 24.0 Å². The van der Waals surface area contributed by atoms with E-state index in [1.54, 1.807) is 0 Å². The lowest BCUT2D eigenvalue weighted by Crippen LogP contribution is -2.43. The smallest absolute Gasteiger partial charge is 0.191 e. The molecule has 1 aromatic carbocycles. The molecule has 2 unspecified atom stereocenters. The Kier molecular flexibility index (Phi) is 12.1. The second-order valence-electron chi connectivity index (χ2n) is 7.89. The van der Waals surface area contributed by atoms with Gasteiger partial charge >= 0.3 is 0 Å². The summed E-state index contributed by atoms with van der Waals surface area (Å²) in [7, 11) is 2.01. The normalized spacial score (nSPS) is 13.6. The van der Waals surface area contributed by atoms with E-state index in [0.29, 0.717) is 0 Å². The monoisotopic (exact) mass is 540 g/mol. The zero-order valence-electron chi connectivity index (χ0n) is 20.3. The third kappa shape index (κ3) is 7.79. The minimum Gasteiger partial charge on any atom is -0.357 e. The highest BCUT2D eigenvalue weighted by Gasteiger charge is 2.18. The maximum Gasteiger partial charge on any atom is 0.191 e. The number of benzene rings is 1. The Morgan fingerprint density at radius 3 is 2.29 bits per heavy atom. The standard InChI is InChI=1S/C24H40N6.HI/c1-8-25-24(27-18(4)16-22-19(5)28-29(7)20(22)6)26-17-23(30(9-2)10-3)21-14-12-11-13-15-21;/h11-15,18,23H,8-10,16-17H2,1-7H3,(H2,25,26,27);1H. The van der Waals surface area contributed by atoms with Gasteiger partial charge in [0.1, 0.15) is 0 Å². The quantitative estimate of drug-likeness (QED) is 0.269. The Morgan fingerprint density at radius 1 is 1.13 bits per heavy atom. The van der Waals surface area contributed by atoms with Gasteiger partial charge in [0.15, 0.2) is 5.96 Å². The highest BCUT2D eigenvalue weighted by Crippen LogP contribution is 2.20. The second kappa shape index (κ2) is 13.7. The van der Waals surface area contributed by atoms with Crippen molar-refractivity contribution in [2.45, 2.75) is 60.0 Å². The van der Waals surface area contributed by atoms with Crippen LogP contribution >= 0.6 is 24.0 Å². The molecule has 0 aliphatic heterocycles. The summed E-state index contributed by atoms with van der Waals surface area (Å²) in [4.78, 5) is 7.44. The fourth-order valence-corrected chi connectivity index (χ4v) is 3.97. The first-order chi connectivity index (χ1) is 14.4. The third-order valence-electron chi connectivity index (χ3n) is 5.76. The van der Waals surface area contributed by atoms with Gasteiger partial charge in [-0.3, -0.25) is 14.6 Å². The van der Waals surface area contributed by atoms with Crippen LogP contribution in [-0.4, -0.2) is 52.9 Å². The van der Waals surface area contributed by atoms with E-state index in [4.69, 9.17) is 4.99 Å². The molecule has 174 valence electrons. The number of aryl methyl sites for hydroxylation is 2. The fraction of sp³-hybridized carbons (Fsp3) is 0.583. The zero-order valence-corrected chi connectivity index (χ0v) is 22.6. The van der Waals surface area contributed by atoms with Crippen molar-refractivity contribution < 1.29 is 0 Å². The van der Waals surface area contributed by atoms with Gasteiger partial charge in [-0.05, 0) is 58.3 Å². The summed E-state index contributed by atoms with van der Waals surface area (Å²) in [6, 6.07) is 11.2. The molecular weight excluding hydrogens is 499 g/mol. The van der Waals surface area contributed by atoms with Crippen molar-refractivity contribution in [1.29, 1.82) is 0 Å². The van der Waals surface area contributed by atoms with Gasteiger partial charge in [-0.1, -0.05) is 44.2 Å². The van der Waals surface area contributed by atoms with Crippen molar-refractivity contribution in [1.82, 2.24) is 25.3 Å². The molecule has 0 saturated carbocycles. The Balaban J connectivity index is 0.00000480. The summed E-state index contributed by atoms with van der Waals surface area (Å²) < 4.78 is 1.96. The van der Waals surface area contributed by atoms with Gasteiger partial charge in [-0.25, -0.2) is 0 Å². The molecule has 0 spiro atoms. The lowest BCUT2D eigenvalue weighted by atomic mass is 10.1. The molecule has 7 heteroatoms. The molecule has 6 nitrogen and oxygen atoms in total. The lowest BCUT2D eigenvalue weighted by Gasteiger charge is -2.29. The summed E-state index contributed by atoms with van der Waals surface area (Å²) in [5, 5.41) is 11.6. The van der Waals surface area contributed by atoms with Crippen LogP contribution in [0.5, 0.6) is 0 Å². The van der Waals surface area contributed by atoms with Crippen molar-refractivity contribution >= 4 is 29.9 Å². The molecule has 0 saturated heterocycles. The number of nitrogens with zero attached hydrogens (tertiary/aromatic N) is 4. The van der Waals surface area contributed by atoms with Crippen LogP contribution in [0.15, 0.2) is 35.3 Å². The minimum absolute atomic E-state index is 0. The number of rotatable bonds is 10. The molecule has 0 aliphatic carbocycles. The van der Waals surface area contributed by atoms with Crippen LogP contribution in [0.25, 0.3) is 0 Å². The van der Waals surface area contributed by atoms with Gasteiger partial charge < -0.3 is 10.6 Å². The number of nitrogens with one attached hydrogen (secondary N) is 2. The molecule has 0 bridgehead atoms. The Morgan fingerprint density at radius 2 is 1.77 bits per heavy atom. The first-order valence-electron chi connectivity index (χ1n) is 11.2. The van der Waals surface area contributed by atoms with E-state index in [1.165, 1.54) is 16.8 Å². The second-order valence-corrected chi connectivity index (χ2v) is 7.89. The number of aliphatic imine (C=N–C) groups is 1. The molecule has 0 amide bonds. The van der Waals surface area contributed by atoms with Crippen LogP contribution in [0.3, 0.4) is 0 Å². The van der Waals surface area contributed by atoms with Gasteiger partial charge in [0.05, 0.1) is 18.3 Å². The maximum atomic E-state index is 4.97. The first-order valence-corrected chi connectivity index (χ1v) is 11.2. The number of hydrogen-bond acceptors (Lipinski definition) is 3. The van der Waals surface area contributed by atoms with Crippen LogP contribution in [0.1, 0.15) is 56.3 Å². The van der Waals surface area contributed by atoms with E-state index in [9.17, 15) is 0 Å².